The van der Waals surface area contributed by atoms with Crippen LogP contribution in [0.1, 0.15) is 32.4 Å². The van der Waals surface area contributed by atoms with E-state index in [-0.39, 0.29) is 12.7 Å². The molecule has 0 saturated heterocycles. The molecule has 9 nitrogen and oxygen atoms in total. The van der Waals surface area contributed by atoms with Gasteiger partial charge in [-0.05, 0) is 35.4 Å². The molecule has 0 saturated carbocycles. The van der Waals surface area contributed by atoms with Gasteiger partial charge in [0.25, 0.3) is 5.91 Å². The second-order valence-electron chi connectivity index (χ2n) is 8.85. The number of thiazole rings is 1. The summed E-state index contributed by atoms with van der Waals surface area (Å²) in [6.07, 6.45) is 0.622. The quantitative estimate of drug-likeness (QED) is 0.226. The second-order valence-corrected chi connectivity index (χ2v) is 10.7. The number of ether oxygens (including phenoxy) is 3. The van der Waals surface area contributed by atoms with Gasteiger partial charge in [-0.3, -0.25) is 9.36 Å². The first kappa shape index (κ1) is 25.9. The number of carbonyl (C=O) groups is 1. The van der Waals surface area contributed by atoms with Crippen molar-refractivity contribution in [3.8, 4) is 22.9 Å². The summed E-state index contributed by atoms with van der Waals surface area (Å²) in [6, 6.07) is 23.6. The lowest BCUT2D eigenvalue weighted by molar-refractivity contribution is 0.0946. The first-order chi connectivity index (χ1) is 19.7. The van der Waals surface area contributed by atoms with Gasteiger partial charge in [0.05, 0.1) is 18.6 Å². The predicted octanol–water partition coefficient (Wildman–Crippen LogP) is 5.27. The molecule has 2 aromatic heterocycles. The lowest BCUT2D eigenvalue weighted by Crippen LogP contribution is -2.23. The molecule has 40 heavy (non-hydrogen) atoms. The Bertz CT molecular complexity index is 1640. The Labute approximate surface area is 239 Å². The number of hydrogen-bond donors (Lipinski definition) is 1. The number of para-hydroxylation sites is 2. The highest BCUT2D eigenvalue weighted by atomic mass is 32.2. The van der Waals surface area contributed by atoms with Crippen molar-refractivity contribution in [3.63, 3.8) is 0 Å². The number of nitrogens with zero attached hydrogens (tertiary/aromatic N) is 4. The fourth-order valence-electron chi connectivity index (χ4n) is 4.27. The van der Waals surface area contributed by atoms with Crippen LogP contribution in [-0.2, 0) is 18.7 Å². The third-order valence-electron chi connectivity index (χ3n) is 6.23. The summed E-state index contributed by atoms with van der Waals surface area (Å²) in [7, 11) is 1.65. The molecule has 5 aromatic rings. The minimum absolute atomic E-state index is 0.217. The summed E-state index contributed by atoms with van der Waals surface area (Å²) < 4.78 is 18.4. The maximum absolute atomic E-state index is 12.8. The monoisotopic (exact) mass is 571 g/mol. The van der Waals surface area contributed by atoms with Crippen LogP contribution in [0.25, 0.3) is 5.69 Å². The highest BCUT2D eigenvalue weighted by molar-refractivity contribution is 7.98. The molecule has 6 rings (SSSR count). The normalized spacial score (nSPS) is 11.9. The van der Waals surface area contributed by atoms with Crippen LogP contribution in [0.5, 0.6) is 17.2 Å². The number of thioether (sulfide) groups is 1. The van der Waals surface area contributed by atoms with Crippen molar-refractivity contribution >= 4 is 29.0 Å². The number of carbonyl (C=O) groups excluding carboxylic acids is 1. The van der Waals surface area contributed by atoms with Crippen molar-refractivity contribution in [2.24, 2.45) is 0 Å². The van der Waals surface area contributed by atoms with E-state index in [4.69, 9.17) is 14.2 Å². The van der Waals surface area contributed by atoms with Crippen LogP contribution in [0.15, 0.2) is 83.3 Å². The summed E-state index contributed by atoms with van der Waals surface area (Å²) in [5.74, 6) is 3.25. The molecule has 3 aromatic carbocycles. The van der Waals surface area contributed by atoms with E-state index in [1.165, 1.54) is 23.1 Å². The average molecular weight is 572 g/mol. The first-order valence-corrected chi connectivity index (χ1v) is 14.4. The lowest BCUT2D eigenvalue weighted by atomic mass is 10.1. The zero-order valence-electron chi connectivity index (χ0n) is 21.6. The Balaban J connectivity index is 1.15. The van der Waals surface area contributed by atoms with Crippen LogP contribution >= 0.6 is 23.1 Å². The van der Waals surface area contributed by atoms with E-state index >= 15 is 0 Å². The van der Waals surface area contributed by atoms with Gasteiger partial charge in [-0.25, -0.2) is 4.98 Å². The van der Waals surface area contributed by atoms with E-state index in [9.17, 15) is 4.79 Å². The molecule has 0 atom stereocenters. The summed E-state index contributed by atoms with van der Waals surface area (Å²) in [6.45, 7) is 0.581. The third kappa shape index (κ3) is 5.65. The number of fused-ring (bicyclic) bond motifs is 1. The number of rotatable bonds is 10. The van der Waals surface area contributed by atoms with Gasteiger partial charge in [0, 0.05) is 18.3 Å². The zero-order valence-corrected chi connectivity index (χ0v) is 23.2. The maximum atomic E-state index is 12.8. The number of methoxy groups -OCH3 is 1. The molecule has 0 spiro atoms. The van der Waals surface area contributed by atoms with Gasteiger partial charge in [-0.1, -0.05) is 60.3 Å². The smallest absolute Gasteiger partial charge is 0.271 e. The van der Waals surface area contributed by atoms with Crippen molar-refractivity contribution < 1.29 is 19.0 Å². The van der Waals surface area contributed by atoms with Crippen molar-refractivity contribution in [1.29, 1.82) is 0 Å². The number of aromatic nitrogens is 4. The molecule has 202 valence electrons. The predicted molar refractivity (Wildman–Crippen MR) is 153 cm³/mol. The van der Waals surface area contributed by atoms with Gasteiger partial charge in [0.1, 0.15) is 22.3 Å². The Morgan fingerprint density at radius 2 is 1.85 bits per heavy atom. The minimum atomic E-state index is -0.229. The maximum Gasteiger partial charge on any atom is 0.271 e. The topological polar surface area (TPSA) is 100 Å². The first-order valence-electron chi connectivity index (χ1n) is 12.5. The molecule has 1 amide bonds. The van der Waals surface area contributed by atoms with Crippen LogP contribution in [0.3, 0.4) is 0 Å². The fourth-order valence-corrected chi connectivity index (χ4v) is 6.03. The standard InChI is InChI=1S/C29H25N5O4S2/c1-36-23-10-6-5-9-22(23)34-26(14-19-7-3-2-4-8-19)32-33-29(34)40-17-27-31-21(16-39-27)28(35)30-15-20-11-12-24-25(13-20)38-18-37-24/h2-13,16H,14-15,17-18H2,1H3,(H,30,35). The second kappa shape index (κ2) is 11.8. The Hall–Kier alpha value is -4.35. The van der Waals surface area contributed by atoms with Crippen LogP contribution in [0, 0.1) is 0 Å². The van der Waals surface area contributed by atoms with E-state index in [2.05, 4.69) is 32.6 Å². The highest BCUT2D eigenvalue weighted by Crippen LogP contribution is 2.33. The van der Waals surface area contributed by atoms with E-state index in [0.29, 0.717) is 35.9 Å². The van der Waals surface area contributed by atoms with Gasteiger partial charge in [-0.2, -0.15) is 0 Å². The van der Waals surface area contributed by atoms with E-state index < -0.39 is 0 Å². The number of amides is 1. The van der Waals surface area contributed by atoms with Crippen molar-refractivity contribution in [2.75, 3.05) is 13.9 Å². The Kier molecular flexibility index (Phi) is 7.64. The lowest BCUT2D eigenvalue weighted by Gasteiger charge is -2.13. The van der Waals surface area contributed by atoms with E-state index in [1.807, 2.05) is 65.2 Å². The van der Waals surface area contributed by atoms with Crippen LogP contribution in [-0.4, -0.2) is 39.6 Å². The average Bonchev–Trinajstić information content (AvgIpc) is 3.75. The molecule has 11 heteroatoms. The molecule has 1 N–H and O–H groups in total. The van der Waals surface area contributed by atoms with Gasteiger partial charge in [0.15, 0.2) is 16.7 Å². The molecule has 0 fully saturated rings. The van der Waals surface area contributed by atoms with Crippen molar-refractivity contribution in [1.82, 2.24) is 25.1 Å². The molecule has 1 aliphatic heterocycles. The van der Waals surface area contributed by atoms with Gasteiger partial charge in [0.2, 0.25) is 6.79 Å². The molecule has 0 unspecified atom stereocenters. The SMILES string of the molecule is COc1ccccc1-n1c(Cc2ccccc2)nnc1SCc1nc(C(=O)NCc2ccc3c(c2)OCO3)cs1. The van der Waals surface area contributed by atoms with Crippen LogP contribution in [0.4, 0.5) is 0 Å². The molecule has 0 aliphatic carbocycles. The summed E-state index contributed by atoms with van der Waals surface area (Å²) >= 11 is 2.96. The Morgan fingerprint density at radius 3 is 2.73 bits per heavy atom. The van der Waals surface area contributed by atoms with Crippen molar-refractivity contribution in [2.45, 2.75) is 23.9 Å². The van der Waals surface area contributed by atoms with Gasteiger partial charge in [-0.15, -0.1) is 21.5 Å². The van der Waals surface area contributed by atoms with E-state index in [0.717, 1.165) is 38.6 Å². The molecule has 0 radical (unpaired) electrons. The molecule has 1 aliphatic rings. The van der Waals surface area contributed by atoms with Gasteiger partial charge < -0.3 is 19.5 Å². The number of hydrogen-bond acceptors (Lipinski definition) is 9. The minimum Gasteiger partial charge on any atom is -0.495 e. The molecular weight excluding hydrogens is 546 g/mol. The summed E-state index contributed by atoms with van der Waals surface area (Å²) in [5, 5.41) is 15.3. The number of benzene rings is 3. The largest absolute Gasteiger partial charge is 0.495 e. The van der Waals surface area contributed by atoms with Crippen LogP contribution < -0.4 is 19.5 Å². The summed E-state index contributed by atoms with van der Waals surface area (Å²) in [4.78, 5) is 17.3. The van der Waals surface area contributed by atoms with E-state index in [1.54, 1.807) is 12.5 Å². The van der Waals surface area contributed by atoms with Crippen LogP contribution in [0.2, 0.25) is 0 Å². The van der Waals surface area contributed by atoms with Gasteiger partial charge >= 0.3 is 0 Å². The third-order valence-corrected chi connectivity index (χ3v) is 8.20. The highest BCUT2D eigenvalue weighted by Gasteiger charge is 2.19. The molecular formula is C29H25N5O4S2. The zero-order chi connectivity index (χ0) is 27.3. The molecule has 0 bridgehead atoms. The fraction of sp³-hybridized carbons (Fsp3) is 0.172. The molecule has 3 heterocycles. The van der Waals surface area contributed by atoms with Crippen molar-refractivity contribution in [3.05, 3.63) is 106 Å². The Morgan fingerprint density at radius 1 is 1.02 bits per heavy atom. The number of nitrogens with one attached hydrogen (secondary N) is 1. The summed E-state index contributed by atoms with van der Waals surface area (Å²) in [5.41, 5.74) is 3.31.